The number of carbonyl (C=O) groups excluding carboxylic acids is 1. The van der Waals surface area contributed by atoms with Crippen molar-refractivity contribution in [3.63, 3.8) is 0 Å². The van der Waals surface area contributed by atoms with Crippen molar-refractivity contribution in [3.8, 4) is 0 Å². The lowest BCUT2D eigenvalue weighted by Gasteiger charge is -2.26. The van der Waals surface area contributed by atoms with E-state index in [1.165, 1.54) is 0 Å². The standard InChI is InChI=1S/C15H26N4O2/c1-11(2)12-9-13(19(3)18-12)14(20)17-10-15(21)5-4-7-16-8-6-15/h9,11,16,21H,4-8,10H2,1-3H3,(H,17,20). The number of hydrogen-bond acceptors (Lipinski definition) is 4. The normalized spacial score (nSPS) is 23.1. The van der Waals surface area contributed by atoms with E-state index in [-0.39, 0.29) is 18.4 Å². The van der Waals surface area contributed by atoms with Crippen LogP contribution in [-0.2, 0) is 7.05 Å². The summed E-state index contributed by atoms with van der Waals surface area (Å²) in [7, 11) is 1.77. The summed E-state index contributed by atoms with van der Waals surface area (Å²) < 4.78 is 1.60. The third kappa shape index (κ3) is 4.04. The van der Waals surface area contributed by atoms with E-state index in [4.69, 9.17) is 0 Å². The van der Waals surface area contributed by atoms with Crippen LogP contribution in [0, 0.1) is 0 Å². The fraction of sp³-hybridized carbons (Fsp3) is 0.733. The molecule has 118 valence electrons. The summed E-state index contributed by atoms with van der Waals surface area (Å²) in [4.78, 5) is 12.3. The molecule has 0 spiro atoms. The van der Waals surface area contributed by atoms with Gasteiger partial charge < -0.3 is 15.7 Å². The zero-order valence-corrected chi connectivity index (χ0v) is 13.1. The average Bonchev–Trinajstić information content (AvgIpc) is 2.69. The van der Waals surface area contributed by atoms with Gasteiger partial charge in [0.05, 0.1) is 11.3 Å². The number of nitrogens with zero attached hydrogens (tertiary/aromatic N) is 2. The Labute approximate surface area is 125 Å². The minimum Gasteiger partial charge on any atom is -0.388 e. The molecule has 1 amide bonds. The predicted molar refractivity (Wildman–Crippen MR) is 81.3 cm³/mol. The van der Waals surface area contributed by atoms with Crippen LogP contribution in [0.4, 0.5) is 0 Å². The van der Waals surface area contributed by atoms with Crippen LogP contribution >= 0.6 is 0 Å². The zero-order chi connectivity index (χ0) is 15.5. The molecule has 2 rings (SSSR count). The molecule has 6 nitrogen and oxygen atoms in total. The molecule has 1 saturated heterocycles. The van der Waals surface area contributed by atoms with E-state index in [9.17, 15) is 9.90 Å². The minimum atomic E-state index is -0.807. The van der Waals surface area contributed by atoms with Crippen LogP contribution in [0.2, 0.25) is 0 Å². The number of hydrogen-bond donors (Lipinski definition) is 3. The van der Waals surface area contributed by atoms with Crippen molar-refractivity contribution in [2.24, 2.45) is 7.05 Å². The van der Waals surface area contributed by atoms with Gasteiger partial charge in [0.1, 0.15) is 5.69 Å². The summed E-state index contributed by atoms with van der Waals surface area (Å²) in [5.41, 5.74) is 0.632. The molecule has 0 aromatic carbocycles. The Morgan fingerprint density at radius 3 is 2.95 bits per heavy atom. The SMILES string of the molecule is CC(C)c1cc(C(=O)NCC2(O)CCCNCC2)n(C)n1. The van der Waals surface area contributed by atoms with Crippen LogP contribution in [0.1, 0.15) is 55.2 Å². The number of aliphatic hydroxyl groups is 1. The number of nitrogens with one attached hydrogen (secondary N) is 2. The van der Waals surface area contributed by atoms with Crippen molar-refractivity contribution in [1.29, 1.82) is 0 Å². The number of rotatable bonds is 4. The van der Waals surface area contributed by atoms with Crippen LogP contribution in [0.25, 0.3) is 0 Å². The van der Waals surface area contributed by atoms with Gasteiger partial charge in [0.2, 0.25) is 0 Å². The van der Waals surface area contributed by atoms with Gasteiger partial charge >= 0.3 is 0 Å². The number of aromatic nitrogens is 2. The second-order valence-electron chi connectivity index (χ2n) is 6.24. The van der Waals surface area contributed by atoms with Gasteiger partial charge in [-0.1, -0.05) is 13.8 Å². The third-order valence-electron chi connectivity index (χ3n) is 4.06. The lowest BCUT2D eigenvalue weighted by Crippen LogP contribution is -2.43. The number of amides is 1. The molecule has 6 heteroatoms. The van der Waals surface area contributed by atoms with Gasteiger partial charge in [0.15, 0.2) is 0 Å². The van der Waals surface area contributed by atoms with Crippen molar-refractivity contribution in [2.45, 2.75) is 44.6 Å². The molecule has 1 aromatic rings. The van der Waals surface area contributed by atoms with Gasteiger partial charge in [-0.2, -0.15) is 5.10 Å². The van der Waals surface area contributed by atoms with Gasteiger partial charge in [0, 0.05) is 13.6 Å². The van der Waals surface area contributed by atoms with E-state index in [1.54, 1.807) is 11.7 Å². The molecule has 0 radical (unpaired) electrons. The summed E-state index contributed by atoms with van der Waals surface area (Å²) in [5.74, 6) is 0.109. The third-order valence-corrected chi connectivity index (χ3v) is 4.06. The molecule has 21 heavy (non-hydrogen) atoms. The van der Waals surface area contributed by atoms with E-state index in [0.717, 1.165) is 25.2 Å². The predicted octanol–water partition coefficient (Wildman–Crippen LogP) is 0.778. The van der Waals surface area contributed by atoms with E-state index < -0.39 is 5.60 Å². The molecular formula is C15H26N4O2. The fourth-order valence-electron chi connectivity index (χ4n) is 2.61. The minimum absolute atomic E-state index is 0.178. The molecule has 1 aromatic heterocycles. The summed E-state index contributed by atoms with van der Waals surface area (Å²) in [5, 5.41) is 21.0. The average molecular weight is 294 g/mol. The first-order valence-corrected chi connectivity index (χ1v) is 7.66. The molecule has 3 N–H and O–H groups in total. The molecule has 0 aliphatic carbocycles. The zero-order valence-electron chi connectivity index (χ0n) is 13.1. The highest BCUT2D eigenvalue weighted by atomic mass is 16.3. The second kappa shape index (κ2) is 6.58. The van der Waals surface area contributed by atoms with Crippen LogP contribution in [0.3, 0.4) is 0 Å². The molecule has 0 saturated carbocycles. The first kappa shape index (κ1) is 16.0. The topological polar surface area (TPSA) is 79.2 Å². The summed E-state index contributed by atoms with van der Waals surface area (Å²) in [6.07, 6.45) is 2.30. The highest BCUT2D eigenvalue weighted by molar-refractivity contribution is 5.92. The Morgan fingerprint density at radius 1 is 1.52 bits per heavy atom. The van der Waals surface area contributed by atoms with E-state index in [1.807, 2.05) is 19.9 Å². The highest BCUT2D eigenvalue weighted by Gasteiger charge is 2.29. The molecule has 1 atom stereocenters. The molecule has 0 bridgehead atoms. The second-order valence-corrected chi connectivity index (χ2v) is 6.24. The van der Waals surface area contributed by atoms with E-state index >= 15 is 0 Å². The van der Waals surface area contributed by atoms with Crippen molar-refractivity contribution in [2.75, 3.05) is 19.6 Å². The molecule has 1 aliphatic rings. The molecular weight excluding hydrogens is 268 g/mol. The Balaban J connectivity index is 1.98. The molecule has 1 unspecified atom stereocenters. The molecule has 1 aliphatic heterocycles. The Kier molecular flexibility index (Phi) is 5.00. The summed E-state index contributed by atoms with van der Waals surface area (Å²) in [6, 6.07) is 1.82. The van der Waals surface area contributed by atoms with E-state index in [2.05, 4.69) is 15.7 Å². The molecule has 1 fully saturated rings. The van der Waals surface area contributed by atoms with Crippen LogP contribution in [-0.4, -0.2) is 46.0 Å². The maximum atomic E-state index is 12.3. The molecule has 2 heterocycles. The summed E-state index contributed by atoms with van der Waals surface area (Å²) in [6.45, 7) is 6.09. The fourth-order valence-corrected chi connectivity index (χ4v) is 2.61. The van der Waals surface area contributed by atoms with Crippen molar-refractivity contribution in [1.82, 2.24) is 20.4 Å². The summed E-state index contributed by atoms with van der Waals surface area (Å²) >= 11 is 0. The van der Waals surface area contributed by atoms with Gasteiger partial charge in [-0.25, -0.2) is 0 Å². The van der Waals surface area contributed by atoms with E-state index in [0.29, 0.717) is 18.5 Å². The first-order valence-electron chi connectivity index (χ1n) is 7.66. The number of carbonyl (C=O) groups is 1. The van der Waals surface area contributed by atoms with Crippen LogP contribution in [0.5, 0.6) is 0 Å². The quantitative estimate of drug-likeness (QED) is 0.766. The van der Waals surface area contributed by atoms with Crippen molar-refractivity contribution < 1.29 is 9.90 Å². The first-order chi connectivity index (χ1) is 9.91. The largest absolute Gasteiger partial charge is 0.388 e. The Morgan fingerprint density at radius 2 is 2.29 bits per heavy atom. The van der Waals surface area contributed by atoms with Gasteiger partial charge in [-0.15, -0.1) is 0 Å². The van der Waals surface area contributed by atoms with Gasteiger partial charge in [0.25, 0.3) is 5.91 Å². The number of aryl methyl sites for hydroxylation is 1. The lowest BCUT2D eigenvalue weighted by atomic mass is 9.95. The van der Waals surface area contributed by atoms with Crippen molar-refractivity contribution >= 4 is 5.91 Å². The van der Waals surface area contributed by atoms with Gasteiger partial charge in [-0.3, -0.25) is 9.48 Å². The maximum absolute atomic E-state index is 12.3. The Bertz CT molecular complexity index is 488. The van der Waals surface area contributed by atoms with Gasteiger partial charge in [-0.05, 0) is 44.3 Å². The highest BCUT2D eigenvalue weighted by Crippen LogP contribution is 2.19. The van der Waals surface area contributed by atoms with Crippen LogP contribution < -0.4 is 10.6 Å². The monoisotopic (exact) mass is 294 g/mol. The lowest BCUT2D eigenvalue weighted by molar-refractivity contribution is 0.0274. The maximum Gasteiger partial charge on any atom is 0.269 e. The van der Waals surface area contributed by atoms with Crippen molar-refractivity contribution in [3.05, 3.63) is 17.5 Å². The smallest absolute Gasteiger partial charge is 0.269 e. The van der Waals surface area contributed by atoms with Crippen LogP contribution in [0.15, 0.2) is 6.07 Å². The Hall–Kier alpha value is -1.40.